The highest BCUT2D eigenvalue weighted by Crippen LogP contribution is 2.28. The third-order valence-electron chi connectivity index (χ3n) is 5.37. The molecule has 3 aromatic rings. The van der Waals surface area contributed by atoms with Gasteiger partial charge in [0.2, 0.25) is 15.2 Å². The minimum atomic E-state index is -3.60. The van der Waals surface area contributed by atoms with Crippen molar-refractivity contribution in [2.45, 2.75) is 40.7 Å². The van der Waals surface area contributed by atoms with Gasteiger partial charge in [-0.25, -0.2) is 8.42 Å². The number of sulfonamides is 1. The highest BCUT2D eigenvalue weighted by atomic mass is 32.2. The molecule has 0 radical (unpaired) electrons. The van der Waals surface area contributed by atoms with Crippen molar-refractivity contribution >= 4 is 44.0 Å². The highest BCUT2D eigenvalue weighted by molar-refractivity contribution is 8.00. The van der Waals surface area contributed by atoms with Crippen LogP contribution in [0.5, 0.6) is 0 Å². The first-order chi connectivity index (χ1) is 16.0. The van der Waals surface area contributed by atoms with Crippen molar-refractivity contribution in [2.24, 2.45) is 0 Å². The Kier molecular flexibility index (Phi) is 8.13. The Labute approximate surface area is 202 Å². The Morgan fingerprint density at radius 3 is 2.52 bits per heavy atom. The summed E-state index contributed by atoms with van der Waals surface area (Å²) in [4.78, 5) is 12.9. The third-order valence-corrected chi connectivity index (χ3v) is 9.35. The number of thioether (sulfide) groups is 1. The van der Waals surface area contributed by atoms with Crippen LogP contribution in [0.25, 0.3) is 0 Å². The number of carbonyl (C=O) groups is 1. The van der Waals surface area contributed by atoms with Gasteiger partial charge in [0, 0.05) is 24.4 Å². The maximum Gasteiger partial charge on any atom is 0.243 e. The van der Waals surface area contributed by atoms with Gasteiger partial charge in [0.05, 0.1) is 11.4 Å². The van der Waals surface area contributed by atoms with E-state index in [1.165, 1.54) is 27.3 Å². The largest absolute Gasteiger partial charge is 0.353 e. The predicted octanol–water partition coefficient (Wildman–Crippen LogP) is 4.69. The van der Waals surface area contributed by atoms with Gasteiger partial charge in [-0.2, -0.15) is 4.31 Å². The van der Waals surface area contributed by atoms with Gasteiger partial charge in [-0.1, -0.05) is 78.4 Å². The second-order valence-corrected chi connectivity index (χ2v) is 11.9. The molecule has 2 aromatic carbocycles. The summed E-state index contributed by atoms with van der Waals surface area (Å²) >= 11 is 2.99. The number of rotatable bonds is 9. The van der Waals surface area contributed by atoms with Gasteiger partial charge < -0.3 is 5.32 Å². The van der Waals surface area contributed by atoms with E-state index in [1.807, 2.05) is 18.2 Å². The molecule has 1 fully saturated rings. The number of benzene rings is 2. The normalized spacial score (nSPS) is 15.2. The smallest absolute Gasteiger partial charge is 0.243 e. The molecule has 1 aromatic heterocycles. The maximum absolute atomic E-state index is 13.0. The lowest BCUT2D eigenvalue weighted by Crippen LogP contribution is -2.32. The summed E-state index contributed by atoms with van der Waals surface area (Å²) < 4.78 is 28.4. The van der Waals surface area contributed by atoms with E-state index < -0.39 is 10.0 Å². The van der Waals surface area contributed by atoms with Crippen molar-refractivity contribution < 1.29 is 13.2 Å². The molecule has 1 N–H and O–H groups in total. The van der Waals surface area contributed by atoms with Crippen LogP contribution in [0, 0.1) is 0 Å². The SMILES string of the molecule is O=C(CNc1nnc(SCc2ccccc2)s1)c1cccc(S(=O)(=O)N2CCCCCC2)c1. The molecule has 33 heavy (non-hydrogen) atoms. The second kappa shape index (κ2) is 11.2. The van der Waals surface area contributed by atoms with E-state index in [1.54, 1.807) is 30.0 Å². The van der Waals surface area contributed by atoms with Crippen molar-refractivity contribution in [2.75, 3.05) is 25.0 Å². The molecule has 0 bridgehead atoms. The number of hydrogen-bond donors (Lipinski definition) is 1. The zero-order valence-electron chi connectivity index (χ0n) is 18.1. The van der Waals surface area contributed by atoms with Crippen molar-refractivity contribution in [1.29, 1.82) is 0 Å². The molecule has 0 atom stereocenters. The average molecular weight is 503 g/mol. The van der Waals surface area contributed by atoms with Gasteiger partial charge in [-0.3, -0.25) is 4.79 Å². The Hall–Kier alpha value is -2.27. The average Bonchev–Trinajstić information content (AvgIpc) is 3.11. The Morgan fingerprint density at radius 1 is 1.00 bits per heavy atom. The van der Waals surface area contributed by atoms with Crippen LogP contribution in [0.4, 0.5) is 5.13 Å². The van der Waals surface area contributed by atoms with Gasteiger partial charge in [0.25, 0.3) is 0 Å². The lowest BCUT2D eigenvalue weighted by Gasteiger charge is -2.20. The van der Waals surface area contributed by atoms with Crippen molar-refractivity contribution in [3.05, 3.63) is 65.7 Å². The van der Waals surface area contributed by atoms with Crippen LogP contribution in [0.15, 0.2) is 63.8 Å². The van der Waals surface area contributed by atoms with Crippen LogP contribution in [0.1, 0.15) is 41.6 Å². The van der Waals surface area contributed by atoms with Gasteiger partial charge in [-0.15, -0.1) is 10.2 Å². The monoisotopic (exact) mass is 502 g/mol. The molecule has 1 aliphatic rings. The molecule has 0 saturated carbocycles. The number of nitrogens with one attached hydrogen (secondary N) is 1. The number of carbonyl (C=O) groups excluding carboxylic acids is 1. The fourth-order valence-electron chi connectivity index (χ4n) is 3.58. The molecule has 0 amide bonds. The van der Waals surface area contributed by atoms with Gasteiger partial charge in [-0.05, 0) is 30.5 Å². The van der Waals surface area contributed by atoms with Crippen LogP contribution in [0.3, 0.4) is 0 Å². The summed E-state index contributed by atoms with van der Waals surface area (Å²) in [5.74, 6) is 0.601. The number of anilines is 1. The zero-order valence-corrected chi connectivity index (χ0v) is 20.6. The third kappa shape index (κ3) is 6.41. The number of Topliss-reactive ketones (excluding diaryl/α,β-unsaturated/α-hetero) is 1. The minimum Gasteiger partial charge on any atom is -0.353 e. The van der Waals surface area contributed by atoms with E-state index in [0.717, 1.165) is 35.8 Å². The molecule has 4 rings (SSSR count). The first-order valence-corrected chi connectivity index (χ1v) is 14.1. The quantitative estimate of drug-likeness (QED) is 0.335. The molecule has 1 aliphatic heterocycles. The van der Waals surface area contributed by atoms with E-state index in [-0.39, 0.29) is 17.2 Å². The molecule has 10 heteroatoms. The molecule has 174 valence electrons. The second-order valence-electron chi connectivity index (χ2n) is 7.77. The summed E-state index contributed by atoms with van der Waals surface area (Å²) in [5, 5.41) is 11.8. The molecule has 1 saturated heterocycles. The van der Waals surface area contributed by atoms with Crippen molar-refractivity contribution in [1.82, 2.24) is 14.5 Å². The molecule has 0 spiro atoms. The standard InChI is InChI=1S/C23H26N4O3S3/c28-21(16-24-22-25-26-23(32-22)31-17-18-9-4-3-5-10-18)19-11-8-12-20(15-19)33(29,30)27-13-6-1-2-7-14-27/h3-5,8-12,15H,1-2,6-7,13-14,16-17H2,(H,24,25). The van der Waals surface area contributed by atoms with Crippen LogP contribution < -0.4 is 5.32 Å². The Balaban J connectivity index is 1.35. The maximum atomic E-state index is 13.0. The van der Waals surface area contributed by atoms with Crippen molar-refractivity contribution in [3.8, 4) is 0 Å². The van der Waals surface area contributed by atoms with E-state index in [9.17, 15) is 13.2 Å². The van der Waals surface area contributed by atoms with Gasteiger partial charge in [0.15, 0.2) is 10.1 Å². The number of hydrogen-bond acceptors (Lipinski definition) is 8. The number of ketones is 1. The van der Waals surface area contributed by atoms with Gasteiger partial charge in [0.1, 0.15) is 0 Å². The van der Waals surface area contributed by atoms with Crippen LogP contribution in [0.2, 0.25) is 0 Å². The molecular formula is C23H26N4O3S3. The van der Waals surface area contributed by atoms with Gasteiger partial charge >= 0.3 is 0 Å². The fourth-order valence-corrected chi connectivity index (χ4v) is 6.84. The number of aromatic nitrogens is 2. The van der Waals surface area contributed by atoms with Crippen LogP contribution in [-0.4, -0.2) is 48.3 Å². The van der Waals surface area contributed by atoms with E-state index in [4.69, 9.17) is 0 Å². The molecule has 0 unspecified atom stereocenters. The summed E-state index contributed by atoms with van der Waals surface area (Å²) in [6.07, 6.45) is 3.84. The Bertz CT molecular complexity index is 1170. The van der Waals surface area contributed by atoms with E-state index in [2.05, 4.69) is 27.6 Å². The highest BCUT2D eigenvalue weighted by Gasteiger charge is 2.25. The minimum absolute atomic E-state index is 0.0190. The Morgan fingerprint density at radius 2 is 1.76 bits per heavy atom. The molecule has 2 heterocycles. The summed E-state index contributed by atoms with van der Waals surface area (Å²) in [5.41, 5.74) is 1.57. The van der Waals surface area contributed by atoms with E-state index >= 15 is 0 Å². The van der Waals surface area contributed by atoms with Crippen LogP contribution >= 0.6 is 23.1 Å². The molecular weight excluding hydrogens is 476 g/mol. The first-order valence-electron chi connectivity index (χ1n) is 10.9. The summed E-state index contributed by atoms with van der Waals surface area (Å²) in [6, 6.07) is 16.4. The lowest BCUT2D eigenvalue weighted by atomic mass is 10.1. The topological polar surface area (TPSA) is 92.3 Å². The lowest BCUT2D eigenvalue weighted by molar-refractivity contribution is 0.101. The summed E-state index contributed by atoms with van der Waals surface area (Å²) in [7, 11) is -3.60. The van der Waals surface area contributed by atoms with E-state index in [0.29, 0.717) is 23.8 Å². The number of nitrogens with zero attached hydrogens (tertiary/aromatic N) is 3. The molecule has 7 nitrogen and oxygen atoms in total. The van der Waals surface area contributed by atoms with Crippen LogP contribution in [-0.2, 0) is 15.8 Å². The summed E-state index contributed by atoms with van der Waals surface area (Å²) in [6.45, 7) is 1.08. The van der Waals surface area contributed by atoms with Crippen molar-refractivity contribution in [3.63, 3.8) is 0 Å². The predicted molar refractivity (Wildman–Crippen MR) is 132 cm³/mol. The zero-order chi connectivity index (χ0) is 23.1. The molecule has 0 aliphatic carbocycles. The first kappa shape index (κ1) is 23.9. The fraction of sp³-hybridized carbons (Fsp3) is 0.348.